The quantitative estimate of drug-likeness (QED) is 0.0435. The predicted molar refractivity (Wildman–Crippen MR) is 209 cm³/mol. The van der Waals surface area contributed by atoms with Gasteiger partial charge in [-0.3, -0.25) is 28.7 Å². The fraction of sp³-hybridized carbons (Fsp3) is 0.800. The zero-order valence-electron chi connectivity index (χ0n) is 33.4. The van der Waals surface area contributed by atoms with Crippen LogP contribution in [0.1, 0.15) is 155 Å². The number of carbonyl (C=O) groups excluding carboxylic acids is 3. The van der Waals surface area contributed by atoms with Crippen LogP contribution in [-0.4, -0.2) is 75.6 Å². The van der Waals surface area contributed by atoms with Crippen molar-refractivity contribution in [3.05, 3.63) is 16.7 Å². The van der Waals surface area contributed by atoms with Crippen LogP contribution in [0, 0.1) is 11.8 Å². The number of H-pyrrole nitrogens is 1. The second kappa shape index (κ2) is 25.5. The number of nitrogens with one attached hydrogen (secondary N) is 1. The lowest BCUT2D eigenvalue weighted by molar-refractivity contribution is -0.152. The fourth-order valence-corrected chi connectivity index (χ4v) is 6.65. The molecule has 1 aliphatic heterocycles. The van der Waals surface area contributed by atoms with Gasteiger partial charge in [-0.15, -0.1) is 0 Å². The molecule has 0 bridgehead atoms. The van der Waals surface area contributed by atoms with Gasteiger partial charge in [-0.05, 0) is 25.2 Å². The number of nitrogens with two attached hydrogens (primary N) is 2. The van der Waals surface area contributed by atoms with Gasteiger partial charge in [-0.2, -0.15) is 4.98 Å². The monoisotopic (exact) mass is 779 g/mol. The van der Waals surface area contributed by atoms with Crippen molar-refractivity contribution in [3.8, 4) is 0 Å². The molecule has 1 unspecified atom stereocenters. The summed E-state index contributed by atoms with van der Waals surface area (Å²) in [5, 5.41) is 0. The average molecular weight is 779 g/mol. The van der Waals surface area contributed by atoms with Crippen molar-refractivity contribution in [3.63, 3.8) is 0 Å². The van der Waals surface area contributed by atoms with Crippen LogP contribution in [0.4, 0.5) is 10.3 Å². The summed E-state index contributed by atoms with van der Waals surface area (Å²) >= 11 is 0. The van der Waals surface area contributed by atoms with E-state index >= 15 is 0 Å². The van der Waals surface area contributed by atoms with Gasteiger partial charge >= 0.3 is 17.9 Å². The van der Waals surface area contributed by atoms with Gasteiger partial charge < -0.3 is 30.4 Å². The van der Waals surface area contributed by atoms with Crippen LogP contribution in [0.15, 0.2) is 11.1 Å². The number of aromatic nitrogens is 4. The van der Waals surface area contributed by atoms with Gasteiger partial charge in [-0.1, -0.05) is 111 Å². The molecule has 0 aliphatic carbocycles. The molecule has 1 aliphatic rings. The van der Waals surface area contributed by atoms with E-state index in [9.17, 15) is 23.6 Å². The van der Waals surface area contributed by atoms with E-state index in [1.807, 2.05) is 13.8 Å². The van der Waals surface area contributed by atoms with Gasteiger partial charge in [-0.25, -0.2) is 9.37 Å². The lowest BCUT2D eigenvalue weighted by Gasteiger charge is -2.20. The summed E-state index contributed by atoms with van der Waals surface area (Å²) in [5.41, 5.74) is 11.3. The molecule has 0 amide bonds. The van der Waals surface area contributed by atoms with Gasteiger partial charge in [0, 0.05) is 25.2 Å². The van der Waals surface area contributed by atoms with Gasteiger partial charge in [0.25, 0.3) is 5.56 Å². The molecule has 14 nitrogen and oxygen atoms in total. The van der Waals surface area contributed by atoms with Gasteiger partial charge in [0.15, 0.2) is 11.2 Å². The number of nitrogen functional groups attached to an aromatic ring is 1. The number of ether oxygens (including phenoxy) is 4. The largest absolute Gasteiger partial charge is 0.465 e. The maximum Gasteiger partial charge on any atom is 0.323 e. The number of rotatable bonds is 29. The van der Waals surface area contributed by atoms with Crippen LogP contribution in [0.3, 0.4) is 0 Å². The summed E-state index contributed by atoms with van der Waals surface area (Å²) in [6.45, 7) is 5.65. The SMILES string of the molecule is CCCCCCCCCCCCCCCCCC(=O)OCC(CCCC(=O)OC[C@H]1O[C@@H](n2cnc3c(=O)[nH]c(N)nc32)C[C@@H]1F)COC(=O)[C@@H](N)C(C)C. The first kappa shape index (κ1) is 45.8. The minimum atomic E-state index is -1.44. The molecule has 3 rings (SSSR count). The molecule has 312 valence electrons. The number of hydrogen-bond acceptors (Lipinski definition) is 12. The number of imidazole rings is 1. The van der Waals surface area contributed by atoms with Gasteiger partial charge in [0.1, 0.15) is 31.2 Å². The number of esters is 3. The standard InChI is InChI=1S/C40H67FN6O8/c1-4-5-6-7-8-9-10-11-12-13-14-15-16-17-18-21-33(48)52-24-29(25-54-39(51)35(42)28(2)3)20-19-22-34(49)53-26-31-30(41)23-32(55-31)47-27-44-36-37(47)45-40(43)46-38(36)50/h27-32,35H,4-26,42H2,1-3H3,(H3,43,45,46,50)/t29?,30-,31+,32+,35-/m0/s1. The molecule has 0 saturated carbocycles. The molecule has 2 aromatic rings. The van der Waals surface area contributed by atoms with Crippen molar-refractivity contribution in [1.82, 2.24) is 19.5 Å². The second-order valence-corrected chi connectivity index (χ2v) is 15.4. The van der Waals surface area contributed by atoms with E-state index in [0.717, 1.165) is 19.3 Å². The number of carbonyl (C=O) groups is 3. The second-order valence-electron chi connectivity index (χ2n) is 15.4. The molecule has 1 fully saturated rings. The van der Waals surface area contributed by atoms with Crippen LogP contribution in [0.25, 0.3) is 11.2 Å². The van der Waals surface area contributed by atoms with E-state index in [2.05, 4.69) is 21.9 Å². The highest BCUT2D eigenvalue weighted by atomic mass is 19.1. The number of anilines is 1. The Labute approximate surface area is 325 Å². The smallest absolute Gasteiger partial charge is 0.323 e. The minimum absolute atomic E-state index is 0.00329. The Bertz CT molecular complexity index is 1490. The summed E-state index contributed by atoms with van der Waals surface area (Å²) in [4.78, 5) is 60.1. The Morgan fingerprint density at radius 3 is 2.07 bits per heavy atom. The minimum Gasteiger partial charge on any atom is -0.465 e. The lowest BCUT2D eigenvalue weighted by Crippen LogP contribution is -2.38. The van der Waals surface area contributed by atoms with Crippen LogP contribution in [-0.2, 0) is 33.3 Å². The topological polar surface area (TPSA) is 204 Å². The molecule has 0 spiro atoms. The van der Waals surface area contributed by atoms with E-state index in [-0.39, 0.29) is 67.6 Å². The highest BCUT2D eigenvalue weighted by molar-refractivity contribution is 5.75. The van der Waals surface area contributed by atoms with E-state index in [1.54, 1.807) is 0 Å². The third-order valence-corrected chi connectivity index (χ3v) is 10.2. The zero-order chi connectivity index (χ0) is 40.0. The number of aromatic amines is 1. The van der Waals surface area contributed by atoms with Crippen LogP contribution < -0.4 is 17.0 Å². The summed E-state index contributed by atoms with van der Waals surface area (Å²) in [6, 6.07) is -0.774. The third-order valence-electron chi connectivity index (χ3n) is 10.2. The van der Waals surface area contributed by atoms with E-state index in [4.69, 9.17) is 30.4 Å². The van der Waals surface area contributed by atoms with E-state index < -0.39 is 42.0 Å². The Hall–Kier alpha value is -3.59. The molecular weight excluding hydrogens is 711 g/mol. The molecule has 0 radical (unpaired) electrons. The molecule has 5 atom stereocenters. The van der Waals surface area contributed by atoms with Crippen LogP contribution >= 0.6 is 0 Å². The summed E-state index contributed by atoms with van der Waals surface area (Å²) < 4.78 is 38.5. The summed E-state index contributed by atoms with van der Waals surface area (Å²) in [6.07, 6.45) is 17.8. The fourth-order valence-electron chi connectivity index (χ4n) is 6.65. The molecule has 15 heteroatoms. The van der Waals surface area contributed by atoms with Crippen molar-refractivity contribution in [1.29, 1.82) is 0 Å². The van der Waals surface area contributed by atoms with Gasteiger partial charge in [0.05, 0.1) is 19.5 Å². The number of hydrogen-bond donors (Lipinski definition) is 3. The lowest BCUT2D eigenvalue weighted by atomic mass is 10.0. The van der Waals surface area contributed by atoms with Crippen molar-refractivity contribution >= 4 is 35.0 Å². The molecular formula is C40H67FN6O8. The van der Waals surface area contributed by atoms with Crippen molar-refractivity contribution in [2.45, 2.75) is 174 Å². The number of unbranched alkanes of at least 4 members (excludes halogenated alkanes) is 14. The first-order chi connectivity index (χ1) is 26.5. The maximum atomic E-state index is 14.9. The number of alkyl halides is 1. The zero-order valence-corrected chi connectivity index (χ0v) is 33.4. The number of fused-ring (bicyclic) bond motifs is 1. The Morgan fingerprint density at radius 2 is 1.45 bits per heavy atom. The first-order valence-electron chi connectivity index (χ1n) is 20.7. The van der Waals surface area contributed by atoms with Crippen LogP contribution in [0.2, 0.25) is 0 Å². The normalized spacial score (nSPS) is 18.1. The first-order valence-corrected chi connectivity index (χ1v) is 20.7. The highest BCUT2D eigenvalue weighted by Gasteiger charge is 2.38. The molecule has 5 N–H and O–H groups in total. The van der Waals surface area contributed by atoms with Gasteiger partial charge in [0.2, 0.25) is 5.95 Å². The van der Waals surface area contributed by atoms with Crippen molar-refractivity contribution in [2.75, 3.05) is 25.6 Å². The Kier molecular flexibility index (Phi) is 21.3. The molecule has 55 heavy (non-hydrogen) atoms. The Morgan fingerprint density at radius 1 is 0.891 bits per heavy atom. The number of nitrogens with zero attached hydrogens (tertiary/aromatic N) is 3. The Balaban J connectivity index is 1.32. The van der Waals surface area contributed by atoms with E-state index in [0.29, 0.717) is 19.3 Å². The average Bonchev–Trinajstić information content (AvgIpc) is 3.75. The van der Waals surface area contributed by atoms with Crippen molar-refractivity contribution in [2.24, 2.45) is 17.6 Å². The number of halogens is 1. The molecule has 3 heterocycles. The highest BCUT2D eigenvalue weighted by Crippen LogP contribution is 2.32. The molecule has 2 aromatic heterocycles. The maximum absolute atomic E-state index is 14.9. The third kappa shape index (κ3) is 17.0. The summed E-state index contributed by atoms with van der Waals surface area (Å²) in [7, 11) is 0. The summed E-state index contributed by atoms with van der Waals surface area (Å²) in [5.74, 6) is -1.92. The van der Waals surface area contributed by atoms with Crippen LogP contribution in [0.5, 0.6) is 0 Å². The van der Waals surface area contributed by atoms with Crippen molar-refractivity contribution < 1.29 is 37.7 Å². The van der Waals surface area contributed by atoms with E-state index in [1.165, 1.54) is 87.9 Å². The molecule has 0 aromatic carbocycles. The predicted octanol–water partition coefficient (Wildman–Crippen LogP) is 6.99. The molecule has 1 saturated heterocycles.